The normalized spacial score (nSPS) is 18.8. The van der Waals surface area contributed by atoms with Gasteiger partial charge >= 0.3 is 0 Å². The molecule has 1 aliphatic rings. The fourth-order valence-corrected chi connectivity index (χ4v) is 3.04. The molecule has 1 saturated heterocycles. The number of nitrogens with zero attached hydrogens (tertiary/aromatic N) is 4. The van der Waals surface area contributed by atoms with Gasteiger partial charge in [-0.1, -0.05) is 6.92 Å². The van der Waals surface area contributed by atoms with Crippen LogP contribution in [0.25, 0.3) is 0 Å². The van der Waals surface area contributed by atoms with E-state index in [9.17, 15) is 4.79 Å². The summed E-state index contributed by atoms with van der Waals surface area (Å²) in [6.45, 7) is 6.87. The Bertz CT molecular complexity index is 463. The van der Waals surface area contributed by atoms with Crippen molar-refractivity contribution in [2.75, 3.05) is 46.8 Å². The van der Waals surface area contributed by atoms with Crippen molar-refractivity contribution in [2.24, 2.45) is 0 Å². The number of pyridine rings is 1. The van der Waals surface area contributed by atoms with Gasteiger partial charge in [-0.3, -0.25) is 14.7 Å². The minimum Gasteiger partial charge on any atom is -0.336 e. The van der Waals surface area contributed by atoms with E-state index < -0.39 is 0 Å². The van der Waals surface area contributed by atoms with Crippen molar-refractivity contribution < 1.29 is 4.79 Å². The Morgan fingerprint density at radius 2 is 2.23 bits per heavy atom. The van der Waals surface area contributed by atoms with E-state index in [0.29, 0.717) is 11.6 Å². The molecule has 0 radical (unpaired) electrons. The predicted octanol–water partition coefficient (Wildman–Crippen LogP) is 1.57. The first kappa shape index (κ1) is 16.9. The van der Waals surface area contributed by atoms with Crippen LogP contribution in [0.4, 0.5) is 0 Å². The lowest BCUT2D eigenvalue weighted by Crippen LogP contribution is -2.45. The largest absolute Gasteiger partial charge is 0.336 e. The number of carbonyl (C=O) groups excluding carboxylic acids is 1. The molecule has 1 atom stereocenters. The highest BCUT2D eigenvalue weighted by Crippen LogP contribution is 2.18. The van der Waals surface area contributed by atoms with Crippen LogP contribution in [0.15, 0.2) is 24.5 Å². The fraction of sp³-hybridized carbons (Fsp3) is 0.647. The standard InChI is InChI=1S/C17H28N4O/c1-4-20-10-6-8-16(20)14-21(12-11-19(2)3)17(22)15-7-5-9-18-13-15/h5,7,9,13,16H,4,6,8,10-12,14H2,1-3H3. The van der Waals surface area contributed by atoms with Gasteiger partial charge in [0.2, 0.25) is 0 Å². The van der Waals surface area contributed by atoms with Gasteiger partial charge in [-0.25, -0.2) is 0 Å². The number of likely N-dealkylation sites (N-methyl/N-ethyl adjacent to an activating group) is 2. The lowest BCUT2D eigenvalue weighted by atomic mass is 10.1. The summed E-state index contributed by atoms with van der Waals surface area (Å²) < 4.78 is 0. The highest BCUT2D eigenvalue weighted by Gasteiger charge is 2.27. The molecule has 1 unspecified atom stereocenters. The van der Waals surface area contributed by atoms with E-state index in [-0.39, 0.29) is 5.91 Å². The lowest BCUT2D eigenvalue weighted by Gasteiger charge is -2.31. The molecule has 2 heterocycles. The number of amides is 1. The van der Waals surface area contributed by atoms with E-state index in [0.717, 1.165) is 32.7 Å². The molecule has 0 N–H and O–H groups in total. The van der Waals surface area contributed by atoms with Crippen molar-refractivity contribution >= 4 is 5.91 Å². The first-order valence-corrected chi connectivity index (χ1v) is 8.20. The summed E-state index contributed by atoms with van der Waals surface area (Å²) in [5.74, 6) is 0.0953. The van der Waals surface area contributed by atoms with E-state index >= 15 is 0 Å². The Labute approximate surface area is 133 Å². The van der Waals surface area contributed by atoms with Gasteiger partial charge < -0.3 is 9.80 Å². The Hall–Kier alpha value is -1.46. The first-order valence-electron chi connectivity index (χ1n) is 8.20. The van der Waals surface area contributed by atoms with Crippen LogP contribution in [0.1, 0.15) is 30.1 Å². The predicted molar refractivity (Wildman–Crippen MR) is 89.0 cm³/mol. The summed E-state index contributed by atoms with van der Waals surface area (Å²) in [7, 11) is 4.08. The molecule has 0 aliphatic carbocycles. The van der Waals surface area contributed by atoms with Crippen molar-refractivity contribution in [1.82, 2.24) is 19.7 Å². The van der Waals surface area contributed by atoms with Gasteiger partial charge in [0.25, 0.3) is 5.91 Å². The van der Waals surface area contributed by atoms with Gasteiger partial charge in [-0.05, 0) is 52.2 Å². The van der Waals surface area contributed by atoms with Gasteiger partial charge in [0.15, 0.2) is 0 Å². The van der Waals surface area contributed by atoms with E-state index in [1.807, 2.05) is 31.1 Å². The van der Waals surface area contributed by atoms with E-state index in [1.165, 1.54) is 12.8 Å². The molecule has 0 saturated carbocycles. The molecular weight excluding hydrogens is 276 g/mol. The van der Waals surface area contributed by atoms with E-state index in [4.69, 9.17) is 0 Å². The molecular formula is C17H28N4O. The molecule has 1 fully saturated rings. The average Bonchev–Trinajstić information content (AvgIpc) is 2.98. The summed E-state index contributed by atoms with van der Waals surface area (Å²) >= 11 is 0. The summed E-state index contributed by atoms with van der Waals surface area (Å²) in [6.07, 6.45) is 5.79. The Morgan fingerprint density at radius 3 is 2.86 bits per heavy atom. The average molecular weight is 304 g/mol. The number of carbonyl (C=O) groups is 1. The van der Waals surface area contributed by atoms with Crippen molar-refractivity contribution in [3.05, 3.63) is 30.1 Å². The Morgan fingerprint density at radius 1 is 1.41 bits per heavy atom. The number of aromatic nitrogens is 1. The molecule has 122 valence electrons. The molecule has 0 bridgehead atoms. The number of likely N-dealkylation sites (tertiary alicyclic amines) is 1. The zero-order valence-corrected chi connectivity index (χ0v) is 14.0. The number of hydrogen-bond donors (Lipinski definition) is 0. The molecule has 1 aromatic rings. The zero-order valence-electron chi connectivity index (χ0n) is 14.0. The number of hydrogen-bond acceptors (Lipinski definition) is 4. The quantitative estimate of drug-likeness (QED) is 0.766. The topological polar surface area (TPSA) is 39.7 Å². The van der Waals surface area contributed by atoms with Crippen molar-refractivity contribution in [1.29, 1.82) is 0 Å². The smallest absolute Gasteiger partial charge is 0.255 e. The second kappa shape index (κ2) is 8.25. The van der Waals surface area contributed by atoms with Crippen LogP contribution < -0.4 is 0 Å². The Kier molecular flexibility index (Phi) is 6.34. The third-order valence-corrected chi connectivity index (χ3v) is 4.35. The van der Waals surface area contributed by atoms with E-state index in [1.54, 1.807) is 12.4 Å². The molecule has 1 amide bonds. The summed E-state index contributed by atoms with van der Waals surface area (Å²) in [5, 5.41) is 0. The first-order chi connectivity index (χ1) is 10.6. The van der Waals surface area contributed by atoms with Gasteiger partial charge in [-0.15, -0.1) is 0 Å². The summed E-state index contributed by atoms with van der Waals surface area (Å²) in [5.41, 5.74) is 0.683. The van der Waals surface area contributed by atoms with Crippen LogP contribution in [0.2, 0.25) is 0 Å². The highest BCUT2D eigenvalue weighted by molar-refractivity contribution is 5.93. The monoisotopic (exact) mass is 304 g/mol. The minimum absolute atomic E-state index is 0.0953. The molecule has 0 spiro atoms. The molecule has 5 nitrogen and oxygen atoms in total. The number of rotatable bonds is 7. The van der Waals surface area contributed by atoms with Crippen LogP contribution in [-0.4, -0.2) is 78.5 Å². The third kappa shape index (κ3) is 4.52. The van der Waals surface area contributed by atoms with Crippen LogP contribution in [-0.2, 0) is 0 Å². The van der Waals surface area contributed by atoms with E-state index in [2.05, 4.69) is 21.7 Å². The zero-order chi connectivity index (χ0) is 15.9. The SMILES string of the molecule is CCN1CCCC1CN(CCN(C)C)C(=O)c1cccnc1. The second-order valence-electron chi connectivity index (χ2n) is 6.22. The molecule has 0 aromatic carbocycles. The van der Waals surface area contributed by atoms with Crippen molar-refractivity contribution in [2.45, 2.75) is 25.8 Å². The highest BCUT2D eigenvalue weighted by atomic mass is 16.2. The maximum atomic E-state index is 12.8. The third-order valence-electron chi connectivity index (χ3n) is 4.35. The maximum absolute atomic E-state index is 12.8. The molecule has 1 aromatic heterocycles. The van der Waals surface area contributed by atoms with Crippen LogP contribution in [0.5, 0.6) is 0 Å². The molecule has 5 heteroatoms. The second-order valence-corrected chi connectivity index (χ2v) is 6.22. The van der Waals surface area contributed by atoms with Gasteiger partial charge in [-0.2, -0.15) is 0 Å². The maximum Gasteiger partial charge on any atom is 0.255 e. The molecule has 1 aliphatic heterocycles. The van der Waals surface area contributed by atoms with Crippen LogP contribution in [0, 0.1) is 0 Å². The fourth-order valence-electron chi connectivity index (χ4n) is 3.04. The van der Waals surface area contributed by atoms with Crippen molar-refractivity contribution in [3.63, 3.8) is 0 Å². The van der Waals surface area contributed by atoms with Gasteiger partial charge in [0.05, 0.1) is 5.56 Å². The summed E-state index contributed by atoms with van der Waals surface area (Å²) in [4.78, 5) is 23.5. The lowest BCUT2D eigenvalue weighted by molar-refractivity contribution is 0.0694. The van der Waals surface area contributed by atoms with Gasteiger partial charge in [0, 0.05) is 38.1 Å². The van der Waals surface area contributed by atoms with Gasteiger partial charge in [0.1, 0.15) is 0 Å². The summed E-state index contributed by atoms with van der Waals surface area (Å²) in [6, 6.07) is 4.17. The Balaban J connectivity index is 2.06. The molecule has 2 rings (SSSR count). The minimum atomic E-state index is 0.0953. The van der Waals surface area contributed by atoms with Crippen molar-refractivity contribution in [3.8, 4) is 0 Å². The molecule has 22 heavy (non-hydrogen) atoms. The van der Waals surface area contributed by atoms with Crippen LogP contribution in [0.3, 0.4) is 0 Å². The van der Waals surface area contributed by atoms with Crippen LogP contribution >= 0.6 is 0 Å².